The van der Waals surface area contributed by atoms with Crippen LogP contribution in [0.1, 0.15) is 36.9 Å². The van der Waals surface area contributed by atoms with Crippen LogP contribution in [0.25, 0.3) is 5.76 Å². The monoisotopic (exact) mass is 468 g/mol. The van der Waals surface area contributed by atoms with Crippen LogP contribution < -0.4 is 9.64 Å². The van der Waals surface area contributed by atoms with Gasteiger partial charge in [-0.05, 0) is 48.4 Å². The lowest BCUT2D eigenvalue weighted by Crippen LogP contribution is -2.29. The van der Waals surface area contributed by atoms with E-state index in [0.717, 1.165) is 12.8 Å². The van der Waals surface area contributed by atoms with Crippen LogP contribution in [-0.2, 0) is 9.59 Å². The number of thiazole rings is 1. The Balaban J connectivity index is 1.84. The molecular weight excluding hydrogens is 448 g/mol. The van der Waals surface area contributed by atoms with Crippen LogP contribution in [0.5, 0.6) is 5.75 Å². The maximum Gasteiger partial charge on any atom is 0.301 e. The van der Waals surface area contributed by atoms with E-state index in [9.17, 15) is 14.7 Å². The maximum absolute atomic E-state index is 13.1. The van der Waals surface area contributed by atoms with Gasteiger partial charge < -0.3 is 9.84 Å². The molecule has 2 heterocycles. The first-order valence-corrected chi connectivity index (χ1v) is 11.5. The SMILES string of the molecule is CCCCOc1cccc(C2C(=C(O)c3ccc(Cl)cc3)C(=O)C(=O)N2c2nccs2)c1. The molecule has 0 saturated carbocycles. The fourth-order valence-corrected chi connectivity index (χ4v) is 4.35. The summed E-state index contributed by atoms with van der Waals surface area (Å²) in [6, 6.07) is 12.8. The summed E-state index contributed by atoms with van der Waals surface area (Å²) < 4.78 is 5.83. The molecule has 2 aromatic carbocycles. The molecule has 1 saturated heterocycles. The minimum Gasteiger partial charge on any atom is -0.507 e. The van der Waals surface area contributed by atoms with Crippen LogP contribution in [0, 0.1) is 0 Å². The van der Waals surface area contributed by atoms with Gasteiger partial charge in [0.05, 0.1) is 18.2 Å². The van der Waals surface area contributed by atoms with E-state index in [0.29, 0.717) is 33.6 Å². The van der Waals surface area contributed by atoms with Crippen LogP contribution in [0.4, 0.5) is 5.13 Å². The van der Waals surface area contributed by atoms with Crippen molar-refractivity contribution >= 4 is 45.5 Å². The highest BCUT2D eigenvalue weighted by Gasteiger charge is 2.48. The van der Waals surface area contributed by atoms with Gasteiger partial charge in [-0.3, -0.25) is 14.5 Å². The van der Waals surface area contributed by atoms with Gasteiger partial charge in [0.1, 0.15) is 11.5 Å². The van der Waals surface area contributed by atoms with Crippen molar-refractivity contribution in [3.05, 3.63) is 81.8 Å². The molecule has 1 atom stereocenters. The summed E-state index contributed by atoms with van der Waals surface area (Å²) in [5.74, 6) is -1.14. The van der Waals surface area contributed by atoms with Crippen molar-refractivity contribution in [1.29, 1.82) is 0 Å². The molecule has 1 aromatic heterocycles. The molecule has 3 aromatic rings. The zero-order chi connectivity index (χ0) is 22.7. The maximum atomic E-state index is 13.1. The van der Waals surface area contributed by atoms with E-state index in [1.165, 1.54) is 16.2 Å². The number of ether oxygens (including phenoxy) is 1. The lowest BCUT2D eigenvalue weighted by Gasteiger charge is -2.23. The highest BCUT2D eigenvalue weighted by atomic mass is 35.5. The molecule has 8 heteroatoms. The highest BCUT2D eigenvalue weighted by Crippen LogP contribution is 2.43. The van der Waals surface area contributed by atoms with E-state index in [1.54, 1.807) is 54.0 Å². The van der Waals surface area contributed by atoms with E-state index >= 15 is 0 Å². The number of Topliss-reactive ketones (excluding diaryl/α,β-unsaturated/α-hetero) is 1. The number of carbonyl (C=O) groups is 2. The number of carbonyl (C=O) groups excluding carboxylic acids is 2. The number of benzene rings is 2. The van der Waals surface area contributed by atoms with Gasteiger partial charge in [0.2, 0.25) is 0 Å². The van der Waals surface area contributed by atoms with Gasteiger partial charge in [0, 0.05) is 22.2 Å². The molecular formula is C24H21ClN2O4S. The van der Waals surface area contributed by atoms with Gasteiger partial charge >= 0.3 is 5.91 Å². The zero-order valence-electron chi connectivity index (χ0n) is 17.3. The van der Waals surface area contributed by atoms with Crippen LogP contribution in [0.3, 0.4) is 0 Å². The molecule has 1 aliphatic heterocycles. The molecule has 4 rings (SSSR count). The number of rotatable bonds is 7. The summed E-state index contributed by atoms with van der Waals surface area (Å²) in [6.07, 6.45) is 3.49. The molecule has 0 spiro atoms. The number of anilines is 1. The predicted octanol–water partition coefficient (Wildman–Crippen LogP) is 5.60. The number of aromatic nitrogens is 1. The van der Waals surface area contributed by atoms with Crippen molar-refractivity contribution in [3.8, 4) is 5.75 Å². The topological polar surface area (TPSA) is 79.7 Å². The standard InChI is InChI=1S/C24H21ClN2O4S/c1-2-3-12-31-18-6-4-5-16(14-18)20-19(21(28)15-7-9-17(25)10-8-15)22(29)23(30)27(20)24-26-11-13-32-24/h4-11,13-14,20,28H,2-3,12H2,1H3. The summed E-state index contributed by atoms with van der Waals surface area (Å²) in [6.45, 7) is 2.65. The first kappa shape index (κ1) is 22.0. The minimum absolute atomic E-state index is 0.00164. The Morgan fingerprint density at radius 1 is 1.22 bits per heavy atom. The van der Waals surface area contributed by atoms with Crippen molar-refractivity contribution in [2.24, 2.45) is 0 Å². The van der Waals surface area contributed by atoms with Crippen LogP contribution in [0.15, 0.2) is 65.7 Å². The number of aliphatic hydroxyl groups is 1. The first-order chi connectivity index (χ1) is 15.5. The second-order valence-electron chi connectivity index (χ2n) is 7.27. The number of hydrogen-bond acceptors (Lipinski definition) is 6. The molecule has 1 unspecified atom stereocenters. The third-order valence-corrected chi connectivity index (χ3v) is 6.15. The van der Waals surface area contributed by atoms with Crippen LogP contribution in [-0.4, -0.2) is 28.4 Å². The number of ketones is 1. The highest BCUT2D eigenvalue weighted by molar-refractivity contribution is 7.14. The van der Waals surface area contributed by atoms with E-state index in [2.05, 4.69) is 11.9 Å². The molecule has 1 aliphatic rings. The van der Waals surface area contributed by atoms with Gasteiger partial charge in [-0.15, -0.1) is 11.3 Å². The van der Waals surface area contributed by atoms with Gasteiger partial charge in [0.15, 0.2) is 5.13 Å². The third-order valence-electron chi connectivity index (χ3n) is 5.13. The van der Waals surface area contributed by atoms with Crippen molar-refractivity contribution in [2.45, 2.75) is 25.8 Å². The molecule has 1 fully saturated rings. The van der Waals surface area contributed by atoms with Gasteiger partial charge in [0.25, 0.3) is 5.78 Å². The molecule has 0 bridgehead atoms. The number of unbranched alkanes of at least 4 members (excludes halogenated alkanes) is 1. The van der Waals surface area contributed by atoms with E-state index in [4.69, 9.17) is 16.3 Å². The molecule has 0 radical (unpaired) electrons. The lowest BCUT2D eigenvalue weighted by atomic mass is 9.95. The molecule has 0 aliphatic carbocycles. The number of amides is 1. The minimum atomic E-state index is -0.841. The molecule has 1 N–H and O–H groups in total. The Hall–Kier alpha value is -3.16. The number of hydrogen-bond donors (Lipinski definition) is 1. The van der Waals surface area contributed by atoms with Crippen molar-refractivity contribution in [1.82, 2.24) is 4.98 Å². The smallest absolute Gasteiger partial charge is 0.301 e. The first-order valence-electron chi connectivity index (χ1n) is 10.2. The fraction of sp³-hybridized carbons (Fsp3) is 0.208. The summed E-state index contributed by atoms with van der Waals surface area (Å²) in [7, 11) is 0. The van der Waals surface area contributed by atoms with Crippen molar-refractivity contribution < 1.29 is 19.4 Å². The second kappa shape index (κ2) is 9.54. The predicted molar refractivity (Wildman–Crippen MR) is 125 cm³/mol. The lowest BCUT2D eigenvalue weighted by molar-refractivity contribution is -0.132. The quantitative estimate of drug-likeness (QED) is 0.211. The van der Waals surface area contributed by atoms with Crippen LogP contribution >= 0.6 is 22.9 Å². The number of aliphatic hydroxyl groups excluding tert-OH is 1. The molecule has 1 amide bonds. The normalized spacial score (nSPS) is 17.7. The van der Waals surface area contributed by atoms with Gasteiger partial charge in [-0.2, -0.15) is 0 Å². The van der Waals surface area contributed by atoms with E-state index < -0.39 is 17.7 Å². The Morgan fingerprint density at radius 3 is 2.69 bits per heavy atom. The molecule has 6 nitrogen and oxygen atoms in total. The second-order valence-corrected chi connectivity index (χ2v) is 8.57. The Labute approximate surface area is 194 Å². The Kier molecular flexibility index (Phi) is 6.58. The average Bonchev–Trinajstić information content (AvgIpc) is 3.41. The van der Waals surface area contributed by atoms with Crippen molar-refractivity contribution in [2.75, 3.05) is 11.5 Å². The van der Waals surface area contributed by atoms with Crippen molar-refractivity contribution in [3.63, 3.8) is 0 Å². The summed E-state index contributed by atoms with van der Waals surface area (Å²) in [5, 5.41) is 13.7. The number of nitrogens with zero attached hydrogens (tertiary/aromatic N) is 2. The fourth-order valence-electron chi connectivity index (χ4n) is 3.55. The largest absolute Gasteiger partial charge is 0.507 e. The average molecular weight is 469 g/mol. The molecule has 164 valence electrons. The van der Waals surface area contributed by atoms with E-state index in [1.807, 2.05) is 6.07 Å². The Morgan fingerprint density at radius 2 is 2.00 bits per heavy atom. The number of halogens is 1. The van der Waals surface area contributed by atoms with Gasteiger partial charge in [-0.1, -0.05) is 37.1 Å². The summed E-state index contributed by atoms with van der Waals surface area (Å²) in [5.41, 5.74) is 1.04. The van der Waals surface area contributed by atoms with Gasteiger partial charge in [-0.25, -0.2) is 4.98 Å². The third kappa shape index (κ3) is 4.26. The molecule has 32 heavy (non-hydrogen) atoms. The van der Waals surface area contributed by atoms with E-state index in [-0.39, 0.29) is 11.3 Å². The Bertz CT molecular complexity index is 1160. The zero-order valence-corrected chi connectivity index (χ0v) is 18.9. The summed E-state index contributed by atoms with van der Waals surface area (Å²) >= 11 is 7.21. The summed E-state index contributed by atoms with van der Waals surface area (Å²) in [4.78, 5) is 31.7. The van der Waals surface area contributed by atoms with Crippen LogP contribution in [0.2, 0.25) is 5.02 Å².